The minimum atomic E-state index is -3.42. The third-order valence-corrected chi connectivity index (χ3v) is 6.06. The second-order valence-corrected chi connectivity index (χ2v) is 11.2. The van der Waals surface area contributed by atoms with Crippen molar-refractivity contribution in [1.82, 2.24) is 9.97 Å². The van der Waals surface area contributed by atoms with Crippen molar-refractivity contribution in [3.8, 4) is 16.9 Å². The number of hydrogen-bond acceptors (Lipinski definition) is 6. The molecule has 0 aliphatic rings. The van der Waals surface area contributed by atoms with Crippen LogP contribution in [-0.2, 0) is 26.8 Å². The van der Waals surface area contributed by atoms with Crippen LogP contribution in [0.1, 0.15) is 43.0 Å². The second-order valence-electron chi connectivity index (χ2n) is 9.44. The standard InChI is InChI=1S/C26H31N3O6S/c1-26(2,3)22-13-18(21-14-27-25(31)28-24(21)30)11-17(23(22)35-5)8-7-16-9-10-20(29-36(6,32)33)12-19(16)15-34-4/h7-14,29H,15H2,1-6H3,(H2,27,28,30,31). The van der Waals surface area contributed by atoms with Crippen LogP contribution in [0.2, 0.25) is 0 Å². The molecule has 0 unspecified atom stereocenters. The van der Waals surface area contributed by atoms with E-state index in [1.165, 1.54) is 6.20 Å². The van der Waals surface area contributed by atoms with Crippen LogP contribution in [0.5, 0.6) is 5.75 Å². The van der Waals surface area contributed by atoms with Crippen molar-refractivity contribution in [2.24, 2.45) is 0 Å². The number of ether oxygens (including phenoxy) is 2. The van der Waals surface area contributed by atoms with Gasteiger partial charge >= 0.3 is 5.69 Å². The topological polar surface area (TPSA) is 130 Å². The first kappa shape index (κ1) is 27.0. The summed E-state index contributed by atoms with van der Waals surface area (Å²) >= 11 is 0. The van der Waals surface area contributed by atoms with Gasteiger partial charge in [0.15, 0.2) is 0 Å². The zero-order chi connectivity index (χ0) is 26.7. The Morgan fingerprint density at radius 2 is 1.72 bits per heavy atom. The van der Waals surface area contributed by atoms with Crippen LogP contribution in [0, 0.1) is 0 Å². The average molecular weight is 514 g/mol. The van der Waals surface area contributed by atoms with Gasteiger partial charge in [-0.15, -0.1) is 0 Å². The quantitative estimate of drug-likeness (QED) is 0.394. The number of hydrogen-bond donors (Lipinski definition) is 3. The lowest BCUT2D eigenvalue weighted by atomic mass is 9.83. The molecule has 0 saturated carbocycles. The zero-order valence-corrected chi connectivity index (χ0v) is 22.0. The van der Waals surface area contributed by atoms with E-state index in [4.69, 9.17) is 9.47 Å². The van der Waals surface area contributed by atoms with E-state index in [-0.39, 0.29) is 12.0 Å². The van der Waals surface area contributed by atoms with E-state index in [9.17, 15) is 18.0 Å². The zero-order valence-electron chi connectivity index (χ0n) is 21.2. The Labute approximate surface area is 210 Å². The van der Waals surface area contributed by atoms with Crippen LogP contribution < -0.4 is 20.7 Å². The minimum Gasteiger partial charge on any atom is -0.496 e. The van der Waals surface area contributed by atoms with Crippen molar-refractivity contribution in [2.45, 2.75) is 32.8 Å². The Hall–Kier alpha value is -3.63. The Balaban J connectivity index is 2.17. The van der Waals surface area contributed by atoms with Gasteiger partial charge in [-0.1, -0.05) is 39.0 Å². The molecule has 3 aromatic rings. The number of rotatable bonds is 8. The maximum absolute atomic E-state index is 12.5. The molecule has 0 saturated heterocycles. The van der Waals surface area contributed by atoms with Crippen LogP contribution in [0.3, 0.4) is 0 Å². The number of aromatic nitrogens is 2. The fourth-order valence-corrected chi connectivity index (χ4v) is 4.40. The first-order valence-corrected chi connectivity index (χ1v) is 13.0. The number of benzene rings is 2. The average Bonchev–Trinajstić information content (AvgIpc) is 2.76. The first-order valence-electron chi connectivity index (χ1n) is 11.1. The molecule has 1 aromatic heterocycles. The fraction of sp³-hybridized carbons (Fsp3) is 0.308. The Kier molecular flexibility index (Phi) is 7.90. The van der Waals surface area contributed by atoms with Gasteiger partial charge < -0.3 is 14.5 Å². The van der Waals surface area contributed by atoms with Gasteiger partial charge in [0, 0.05) is 30.1 Å². The molecule has 0 aliphatic heterocycles. The van der Waals surface area contributed by atoms with Gasteiger partial charge in [-0.2, -0.15) is 0 Å². The third-order valence-electron chi connectivity index (χ3n) is 5.45. The molecule has 3 rings (SSSR count). The van der Waals surface area contributed by atoms with Crippen LogP contribution in [0.4, 0.5) is 5.69 Å². The molecule has 1 heterocycles. The van der Waals surface area contributed by atoms with E-state index in [0.717, 1.165) is 28.5 Å². The number of anilines is 1. The monoisotopic (exact) mass is 513 g/mol. The molecule has 0 amide bonds. The van der Waals surface area contributed by atoms with E-state index in [2.05, 4.69) is 14.7 Å². The lowest BCUT2D eigenvalue weighted by molar-refractivity contribution is 0.185. The molecule has 36 heavy (non-hydrogen) atoms. The van der Waals surface area contributed by atoms with Crippen molar-refractivity contribution in [3.05, 3.63) is 79.6 Å². The van der Waals surface area contributed by atoms with Crippen molar-refractivity contribution in [3.63, 3.8) is 0 Å². The van der Waals surface area contributed by atoms with E-state index in [0.29, 0.717) is 22.6 Å². The smallest absolute Gasteiger partial charge is 0.325 e. The molecule has 3 N–H and O–H groups in total. The fourth-order valence-electron chi connectivity index (χ4n) is 3.85. The summed E-state index contributed by atoms with van der Waals surface area (Å²) in [6.07, 6.45) is 6.24. The Morgan fingerprint density at radius 1 is 1.03 bits per heavy atom. The predicted molar refractivity (Wildman–Crippen MR) is 143 cm³/mol. The number of methoxy groups -OCH3 is 2. The van der Waals surface area contributed by atoms with Crippen molar-refractivity contribution < 1.29 is 17.9 Å². The van der Waals surface area contributed by atoms with Gasteiger partial charge in [0.2, 0.25) is 10.0 Å². The lowest BCUT2D eigenvalue weighted by Gasteiger charge is -2.24. The third kappa shape index (κ3) is 6.52. The van der Waals surface area contributed by atoms with Gasteiger partial charge in [0.05, 0.1) is 25.5 Å². The lowest BCUT2D eigenvalue weighted by Crippen LogP contribution is -2.23. The second kappa shape index (κ2) is 10.5. The first-order chi connectivity index (χ1) is 16.8. The number of nitrogens with one attached hydrogen (secondary N) is 3. The minimum absolute atomic E-state index is 0.274. The molecule has 10 heteroatoms. The summed E-state index contributed by atoms with van der Waals surface area (Å²) in [5.74, 6) is 0.659. The summed E-state index contributed by atoms with van der Waals surface area (Å²) in [5, 5.41) is 0. The van der Waals surface area contributed by atoms with Gasteiger partial charge in [-0.05, 0) is 46.4 Å². The van der Waals surface area contributed by atoms with Crippen LogP contribution in [0.15, 0.2) is 46.1 Å². The highest BCUT2D eigenvalue weighted by Crippen LogP contribution is 2.38. The highest BCUT2D eigenvalue weighted by atomic mass is 32.2. The van der Waals surface area contributed by atoms with Gasteiger partial charge in [0.25, 0.3) is 5.56 Å². The predicted octanol–water partition coefficient (Wildman–Crippen LogP) is 3.72. The maximum Gasteiger partial charge on any atom is 0.325 e. The normalized spacial score (nSPS) is 12.2. The molecular formula is C26H31N3O6S. The molecule has 192 valence electrons. The van der Waals surface area contributed by atoms with Crippen molar-refractivity contribution >= 4 is 27.9 Å². The molecule has 0 fully saturated rings. The molecule has 0 aliphatic carbocycles. The van der Waals surface area contributed by atoms with Crippen molar-refractivity contribution in [1.29, 1.82) is 0 Å². The number of sulfonamides is 1. The summed E-state index contributed by atoms with van der Waals surface area (Å²) in [6.45, 7) is 6.41. The van der Waals surface area contributed by atoms with Crippen LogP contribution in [-0.4, -0.2) is 38.9 Å². The van der Waals surface area contributed by atoms with E-state index in [1.807, 2.05) is 45.1 Å². The molecule has 2 aromatic carbocycles. The van der Waals surface area contributed by atoms with Crippen LogP contribution in [0.25, 0.3) is 23.3 Å². The van der Waals surface area contributed by atoms with Gasteiger partial charge in [-0.25, -0.2) is 13.2 Å². The van der Waals surface area contributed by atoms with Gasteiger partial charge in [-0.3, -0.25) is 14.5 Å². The Morgan fingerprint density at radius 3 is 2.31 bits per heavy atom. The Bertz CT molecular complexity index is 1510. The molecule has 0 spiro atoms. The largest absolute Gasteiger partial charge is 0.496 e. The molecule has 0 bridgehead atoms. The summed E-state index contributed by atoms with van der Waals surface area (Å²) in [5.41, 5.74) is 3.24. The summed E-state index contributed by atoms with van der Waals surface area (Å²) < 4.78 is 36.8. The molecule has 0 atom stereocenters. The molecule has 0 radical (unpaired) electrons. The number of aromatic amines is 2. The van der Waals surface area contributed by atoms with E-state index < -0.39 is 21.3 Å². The van der Waals surface area contributed by atoms with E-state index >= 15 is 0 Å². The number of H-pyrrole nitrogens is 2. The maximum atomic E-state index is 12.5. The SMILES string of the molecule is COCc1cc(NS(C)(=O)=O)ccc1C=Cc1cc(-c2c[nH]c(=O)[nH]c2=O)cc(C(C)(C)C)c1OC. The van der Waals surface area contributed by atoms with Crippen LogP contribution >= 0.6 is 0 Å². The highest BCUT2D eigenvalue weighted by Gasteiger charge is 2.23. The summed E-state index contributed by atoms with van der Waals surface area (Å²) in [7, 11) is -0.261. The summed E-state index contributed by atoms with van der Waals surface area (Å²) in [6, 6.07) is 8.91. The van der Waals surface area contributed by atoms with Gasteiger partial charge in [0.1, 0.15) is 5.75 Å². The molecular weight excluding hydrogens is 482 g/mol. The van der Waals surface area contributed by atoms with E-state index in [1.54, 1.807) is 32.4 Å². The highest BCUT2D eigenvalue weighted by molar-refractivity contribution is 7.92. The van der Waals surface area contributed by atoms with Crippen molar-refractivity contribution in [2.75, 3.05) is 25.2 Å². The summed E-state index contributed by atoms with van der Waals surface area (Å²) in [4.78, 5) is 28.8. The molecule has 9 nitrogen and oxygen atoms in total.